The fourth-order valence-corrected chi connectivity index (χ4v) is 9.89. The molecule has 3 heteroatoms. The molecule has 2 nitrogen and oxygen atoms in total. The number of rotatable bonds is 10. The fourth-order valence-electron chi connectivity index (χ4n) is 9.89. The van der Waals surface area contributed by atoms with Gasteiger partial charge in [0.25, 0.3) is 0 Å². The Morgan fingerprint density at radius 1 is 0.842 bits per heavy atom. The largest absolute Gasteiger partial charge is 0.481 e. The summed E-state index contributed by atoms with van der Waals surface area (Å²) in [7, 11) is 0. The van der Waals surface area contributed by atoms with Gasteiger partial charge in [-0.25, -0.2) is 4.39 Å². The average Bonchev–Trinajstić information content (AvgIpc) is 3.25. The summed E-state index contributed by atoms with van der Waals surface area (Å²) in [6, 6.07) is 0. The maximum Gasteiger partial charge on any atom is 0.303 e. The molecule has 38 heavy (non-hydrogen) atoms. The fraction of sp³-hybridized carbons (Fsp3) is 0.971. The van der Waals surface area contributed by atoms with Crippen molar-refractivity contribution in [2.75, 3.05) is 0 Å². The lowest BCUT2D eigenvalue weighted by Gasteiger charge is -2.61. The number of carboxylic acid groups (broad SMARTS) is 1. The summed E-state index contributed by atoms with van der Waals surface area (Å²) >= 11 is 0. The molecule has 0 aromatic rings. The molecule has 0 spiro atoms. The zero-order valence-corrected chi connectivity index (χ0v) is 26.5. The molecule has 224 valence electrons. The van der Waals surface area contributed by atoms with Gasteiger partial charge in [-0.05, 0) is 117 Å². The third-order valence-electron chi connectivity index (χ3n) is 11.8. The molecule has 9 atom stereocenters. The highest BCUT2D eigenvalue weighted by Crippen LogP contribution is 2.68. The molecule has 0 bridgehead atoms. The van der Waals surface area contributed by atoms with Crippen molar-refractivity contribution in [2.24, 2.45) is 46.3 Å². The maximum atomic E-state index is 12.0. The molecule has 4 saturated carbocycles. The topological polar surface area (TPSA) is 37.3 Å². The first kappa shape index (κ1) is 33.6. The lowest BCUT2D eigenvalue weighted by atomic mass is 9.44. The highest BCUT2D eigenvalue weighted by atomic mass is 19.1. The summed E-state index contributed by atoms with van der Waals surface area (Å²) in [6.07, 6.45) is 22.0. The molecular formula is C35H65FO2. The van der Waals surface area contributed by atoms with Gasteiger partial charge in [0.05, 0.1) is 6.17 Å². The van der Waals surface area contributed by atoms with Gasteiger partial charge >= 0.3 is 5.97 Å². The van der Waals surface area contributed by atoms with Crippen molar-refractivity contribution in [2.45, 2.75) is 170 Å². The van der Waals surface area contributed by atoms with Crippen LogP contribution in [0.5, 0.6) is 0 Å². The summed E-state index contributed by atoms with van der Waals surface area (Å²) < 4.78 is 12.0. The molecule has 0 radical (unpaired) electrons. The van der Waals surface area contributed by atoms with Gasteiger partial charge in [0.2, 0.25) is 0 Å². The number of aliphatic carboxylic acids is 1. The van der Waals surface area contributed by atoms with E-state index < -0.39 is 12.1 Å². The van der Waals surface area contributed by atoms with Crippen molar-refractivity contribution in [1.29, 1.82) is 0 Å². The van der Waals surface area contributed by atoms with Gasteiger partial charge in [-0.15, -0.1) is 0 Å². The average molecular weight is 537 g/mol. The second kappa shape index (κ2) is 16.0. The monoisotopic (exact) mass is 536 g/mol. The lowest BCUT2D eigenvalue weighted by Crippen LogP contribution is -2.53. The Labute approximate surface area is 236 Å². The van der Waals surface area contributed by atoms with Crippen LogP contribution in [0.4, 0.5) is 4.39 Å². The number of hydrogen-bond acceptors (Lipinski definition) is 1. The zero-order chi connectivity index (χ0) is 28.3. The Hall–Kier alpha value is -0.600. The molecule has 4 aliphatic carbocycles. The van der Waals surface area contributed by atoms with E-state index in [2.05, 4.69) is 27.7 Å². The molecule has 4 rings (SSSR count). The van der Waals surface area contributed by atoms with Crippen LogP contribution in [0.25, 0.3) is 0 Å². The van der Waals surface area contributed by atoms with Gasteiger partial charge < -0.3 is 5.11 Å². The van der Waals surface area contributed by atoms with Crippen LogP contribution in [0.2, 0.25) is 0 Å². The van der Waals surface area contributed by atoms with E-state index in [-0.39, 0.29) is 0 Å². The van der Waals surface area contributed by atoms with Crippen LogP contribution in [0.1, 0.15) is 164 Å². The third-order valence-corrected chi connectivity index (χ3v) is 11.8. The first-order chi connectivity index (χ1) is 18.1. The zero-order valence-electron chi connectivity index (χ0n) is 26.5. The number of hydrogen-bond donors (Lipinski definition) is 1. The minimum atomic E-state index is -0.634. The van der Waals surface area contributed by atoms with E-state index in [0.29, 0.717) is 17.3 Å². The van der Waals surface area contributed by atoms with Crippen molar-refractivity contribution >= 4 is 5.97 Å². The van der Waals surface area contributed by atoms with E-state index in [1.165, 1.54) is 83.5 Å². The van der Waals surface area contributed by atoms with Gasteiger partial charge in [-0.2, -0.15) is 0 Å². The molecule has 0 heterocycles. The van der Waals surface area contributed by atoms with E-state index in [1.807, 2.05) is 13.8 Å². The summed E-state index contributed by atoms with van der Waals surface area (Å²) in [5.41, 5.74) is 1.22. The van der Waals surface area contributed by atoms with Crippen molar-refractivity contribution < 1.29 is 14.3 Å². The van der Waals surface area contributed by atoms with Crippen molar-refractivity contribution in [3.63, 3.8) is 0 Å². The summed E-state index contributed by atoms with van der Waals surface area (Å²) in [5.74, 6) is 5.01. The molecule has 8 unspecified atom stereocenters. The van der Waals surface area contributed by atoms with Crippen molar-refractivity contribution in [1.82, 2.24) is 0 Å². The van der Waals surface area contributed by atoms with Crippen LogP contribution in [0.3, 0.4) is 0 Å². The number of unbranched alkanes of at least 4 members (excludes halogenated alkanes) is 3. The van der Waals surface area contributed by atoms with E-state index >= 15 is 0 Å². The van der Waals surface area contributed by atoms with Gasteiger partial charge in [-0.1, -0.05) is 86.5 Å². The Morgan fingerprint density at radius 3 is 2.18 bits per heavy atom. The molecule has 0 saturated heterocycles. The Balaban J connectivity index is 0.000000437. The number of alkyl halides is 1. The SMILES string of the molecule is CC.CCCCCC(C)F.C[C@H](CCCCC(=O)O)C1CCC2C3CCC4CCCCC4(C)C3CCC21C. The Morgan fingerprint density at radius 2 is 1.53 bits per heavy atom. The standard InChI is InChI=1S/C26H44O2.C7H15F.C2H6/c1-18(8-4-5-10-24(27)28)21-13-14-22-20-12-11-19-9-6-7-16-25(19,2)23(20)15-17-26(21,22)3;1-3-4-5-6-7(2)8;1-2/h18-23H,4-17H2,1-3H3,(H,27,28);7H,3-6H2,1-2H3;1-2H3/t18-,19?,20?,21?,22?,23?,25?,26?;;/m1../s1. The highest BCUT2D eigenvalue weighted by Gasteiger charge is 2.60. The minimum Gasteiger partial charge on any atom is -0.481 e. The minimum absolute atomic E-state index is 0.348. The predicted octanol–water partition coefficient (Wildman–Crippen LogP) is 11.3. The van der Waals surface area contributed by atoms with E-state index in [9.17, 15) is 9.18 Å². The summed E-state index contributed by atoms with van der Waals surface area (Å²) in [4.78, 5) is 10.8. The van der Waals surface area contributed by atoms with Gasteiger partial charge in [0, 0.05) is 6.42 Å². The maximum absolute atomic E-state index is 12.0. The molecule has 0 aliphatic heterocycles. The first-order valence-electron chi connectivity index (χ1n) is 17.0. The number of fused-ring (bicyclic) bond motifs is 5. The van der Waals surface area contributed by atoms with Crippen molar-refractivity contribution in [3.8, 4) is 0 Å². The normalized spacial score (nSPS) is 37.2. The Bertz CT molecular complexity index is 677. The predicted molar refractivity (Wildman–Crippen MR) is 161 cm³/mol. The van der Waals surface area contributed by atoms with E-state index in [0.717, 1.165) is 61.2 Å². The lowest BCUT2D eigenvalue weighted by molar-refractivity contribution is -0.137. The summed E-state index contributed by atoms with van der Waals surface area (Å²) in [5, 5.41) is 8.90. The van der Waals surface area contributed by atoms with Crippen LogP contribution in [0, 0.1) is 46.3 Å². The van der Waals surface area contributed by atoms with Gasteiger partial charge in [0.15, 0.2) is 0 Å². The molecule has 4 aliphatic rings. The Kier molecular flexibility index (Phi) is 14.1. The van der Waals surface area contributed by atoms with Crippen molar-refractivity contribution in [3.05, 3.63) is 0 Å². The number of carboxylic acids is 1. The second-order valence-corrected chi connectivity index (χ2v) is 14.0. The smallest absolute Gasteiger partial charge is 0.303 e. The number of carbonyl (C=O) groups is 1. The van der Waals surface area contributed by atoms with Gasteiger partial charge in [-0.3, -0.25) is 4.79 Å². The second-order valence-electron chi connectivity index (χ2n) is 14.0. The molecular weight excluding hydrogens is 471 g/mol. The highest BCUT2D eigenvalue weighted by molar-refractivity contribution is 5.66. The quantitative estimate of drug-likeness (QED) is 0.282. The van der Waals surface area contributed by atoms with Crippen LogP contribution in [-0.2, 0) is 4.79 Å². The molecule has 0 aromatic heterocycles. The van der Waals surface area contributed by atoms with Gasteiger partial charge in [0.1, 0.15) is 0 Å². The van der Waals surface area contributed by atoms with Crippen LogP contribution >= 0.6 is 0 Å². The summed E-state index contributed by atoms with van der Waals surface area (Å²) in [6.45, 7) is 15.6. The van der Waals surface area contributed by atoms with Crippen LogP contribution in [-0.4, -0.2) is 17.2 Å². The molecule has 1 N–H and O–H groups in total. The third kappa shape index (κ3) is 8.22. The van der Waals surface area contributed by atoms with E-state index in [4.69, 9.17) is 5.11 Å². The van der Waals surface area contributed by atoms with Crippen LogP contribution in [0.15, 0.2) is 0 Å². The number of halogens is 1. The molecule has 4 fully saturated rings. The molecule has 0 aromatic carbocycles. The van der Waals surface area contributed by atoms with E-state index in [1.54, 1.807) is 6.92 Å². The first-order valence-corrected chi connectivity index (χ1v) is 17.0. The molecule has 0 amide bonds. The van der Waals surface area contributed by atoms with Crippen LogP contribution < -0.4 is 0 Å².